The number of methoxy groups -OCH3 is 2. The second-order valence-electron chi connectivity index (χ2n) is 8.63. The smallest absolute Gasteiger partial charge is 0.256 e. The fourth-order valence-electron chi connectivity index (χ4n) is 3.99. The molecule has 2 amide bonds. The molecule has 0 aliphatic carbocycles. The highest BCUT2D eigenvalue weighted by atomic mass is 16.5. The number of anilines is 5. The molecule has 0 atom stereocenters. The highest BCUT2D eigenvalue weighted by molar-refractivity contribution is 6.04. The van der Waals surface area contributed by atoms with Crippen LogP contribution < -0.4 is 30.3 Å². The molecule has 198 valence electrons. The van der Waals surface area contributed by atoms with Crippen LogP contribution in [-0.4, -0.2) is 74.1 Å². The van der Waals surface area contributed by atoms with Gasteiger partial charge in [-0.25, -0.2) is 4.98 Å². The summed E-state index contributed by atoms with van der Waals surface area (Å²) in [5, 5.41) is 8.81. The summed E-state index contributed by atoms with van der Waals surface area (Å²) in [7, 11) is 5.19. The number of benzene rings is 2. The molecule has 1 aliphatic heterocycles. The summed E-state index contributed by atoms with van der Waals surface area (Å²) in [6.07, 6.45) is 2.75. The maximum absolute atomic E-state index is 12.7. The molecule has 1 aliphatic rings. The highest BCUT2D eigenvalue weighted by Gasteiger charge is 2.21. The molecule has 1 fully saturated rings. The summed E-state index contributed by atoms with van der Waals surface area (Å²) in [5.41, 5.74) is 2.42. The zero-order valence-corrected chi connectivity index (χ0v) is 21.7. The van der Waals surface area contributed by atoms with Gasteiger partial charge in [-0.1, -0.05) is 12.6 Å². The first-order valence-corrected chi connectivity index (χ1v) is 12.0. The van der Waals surface area contributed by atoms with Crippen molar-refractivity contribution in [3.05, 3.63) is 66.9 Å². The van der Waals surface area contributed by atoms with Gasteiger partial charge in [-0.3, -0.25) is 9.59 Å². The summed E-state index contributed by atoms with van der Waals surface area (Å²) in [4.78, 5) is 38.1. The topological polar surface area (TPSA) is 121 Å². The van der Waals surface area contributed by atoms with Gasteiger partial charge in [-0.05, 0) is 43.5 Å². The highest BCUT2D eigenvalue weighted by Crippen LogP contribution is 2.38. The lowest BCUT2D eigenvalue weighted by Gasteiger charge is -2.35. The van der Waals surface area contributed by atoms with Crippen molar-refractivity contribution in [2.24, 2.45) is 0 Å². The molecule has 2 heterocycles. The molecule has 0 bridgehead atoms. The molecular formula is C27H31N7O4. The molecule has 0 spiro atoms. The van der Waals surface area contributed by atoms with Crippen molar-refractivity contribution in [1.29, 1.82) is 0 Å². The van der Waals surface area contributed by atoms with Crippen molar-refractivity contribution >= 4 is 40.6 Å². The van der Waals surface area contributed by atoms with Crippen LogP contribution in [0.4, 0.5) is 28.8 Å². The van der Waals surface area contributed by atoms with Gasteiger partial charge in [-0.2, -0.15) is 4.98 Å². The van der Waals surface area contributed by atoms with E-state index in [4.69, 9.17) is 9.47 Å². The fraction of sp³-hybridized carbons (Fsp3) is 0.259. The van der Waals surface area contributed by atoms with Crippen molar-refractivity contribution in [3.8, 4) is 11.5 Å². The van der Waals surface area contributed by atoms with Crippen LogP contribution in [0, 0.1) is 0 Å². The molecule has 0 radical (unpaired) electrons. The molecular weight excluding hydrogens is 486 g/mol. The zero-order chi connectivity index (χ0) is 27.1. The molecule has 3 N–H and O–H groups in total. The maximum Gasteiger partial charge on any atom is 0.256 e. The minimum absolute atomic E-state index is 0.236. The predicted octanol–water partition coefficient (Wildman–Crippen LogP) is 3.37. The Morgan fingerprint density at radius 3 is 2.50 bits per heavy atom. The summed E-state index contributed by atoms with van der Waals surface area (Å²) in [6, 6.07) is 12.1. The van der Waals surface area contributed by atoms with Crippen LogP contribution in [0.15, 0.2) is 61.3 Å². The van der Waals surface area contributed by atoms with E-state index in [1.54, 1.807) is 50.6 Å². The Labute approximate surface area is 221 Å². The Kier molecular flexibility index (Phi) is 8.39. The Morgan fingerprint density at radius 2 is 1.79 bits per heavy atom. The summed E-state index contributed by atoms with van der Waals surface area (Å²) in [6.45, 7) is 6.98. The van der Waals surface area contributed by atoms with Gasteiger partial charge in [0, 0.05) is 44.0 Å². The lowest BCUT2D eigenvalue weighted by molar-refractivity contribution is -0.111. The number of carbonyl (C=O) groups is 2. The third-order valence-electron chi connectivity index (χ3n) is 6.08. The van der Waals surface area contributed by atoms with E-state index in [0.29, 0.717) is 34.3 Å². The second-order valence-corrected chi connectivity index (χ2v) is 8.63. The number of carbonyl (C=O) groups excluding carboxylic acids is 2. The van der Waals surface area contributed by atoms with E-state index in [2.05, 4.69) is 49.3 Å². The Morgan fingerprint density at radius 1 is 1.00 bits per heavy atom. The first kappa shape index (κ1) is 26.4. The van der Waals surface area contributed by atoms with Crippen LogP contribution in [0.1, 0.15) is 10.4 Å². The lowest BCUT2D eigenvalue weighted by Crippen LogP contribution is -2.44. The van der Waals surface area contributed by atoms with E-state index >= 15 is 0 Å². The van der Waals surface area contributed by atoms with Crippen molar-refractivity contribution in [2.45, 2.75) is 0 Å². The predicted molar refractivity (Wildman–Crippen MR) is 148 cm³/mol. The number of amides is 2. The SMILES string of the molecule is C=CC(=O)Nc1cc(Nc2nccc(NC(=O)c3cccc(OC)c3)n2)c(OC)cc1N1CCN(C)CC1. The Hall–Kier alpha value is -4.64. The summed E-state index contributed by atoms with van der Waals surface area (Å²) < 4.78 is 10.9. The van der Waals surface area contributed by atoms with Gasteiger partial charge in [-0.15, -0.1) is 0 Å². The number of hydrogen-bond acceptors (Lipinski definition) is 9. The second kappa shape index (κ2) is 12.1. The molecule has 38 heavy (non-hydrogen) atoms. The summed E-state index contributed by atoms with van der Waals surface area (Å²) in [5.74, 6) is 1.01. The van der Waals surface area contributed by atoms with Crippen molar-refractivity contribution in [3.63, 3.8) is 0 Å². The van der Waals surface area contributed by atoms with E-state index in [1.165, 1.54) is 12.3 Å². The molecule has 2 aromatic carbocycles. The normalized spacial score (nSPS) is 13.4. The average molecular weight is 518 g/mol. The molecule has 1 aromatic heterocycles. The van der Waals surface area contributed by atoms with Crippen LogP contribution in [0.3, 0.4) is 0 Å². The van der Waals surface area contributed by atoms with Gasteiger partial charge in [0.2, 0.25) is 11.9 Å². The first-order valence-electron chi connectivity index (χ1n) is 12.0. The average Bonchev–Trinajstić information content (AvgIpc) is 2.94. The van der Waals surface area contributed by atoms with Crippen LogP contribution in [0.2, 0.25) is 0 Å². The van der Waals surface area contributed by atoms with Gasteiger partial charge in [0.25, 0.3) is 5.91 Å². The Balaban J connectivity index is 1.59. The largest absolute Gasteiger partial charge is 0.497 e. The quantitative estimate of drug-likeness (QED) is 0.367. The van der Waals surface area contributed by atoms with Crippen LogP contribution >= 0.6 is 0 Å². The Bertz CT molecular complexity index is 1320. The minimum atomic E-state index is -0.336. The van der Waals surface area contributed by atoms with Crippen molar-refractivity contribution in [2.75, 3.05) is 68.3 Å². The number of hydrogen-bond donors (Lipinski definition) is 3. The molecule has 1 saturated heterocycles. The number of piperazine rings is 1. The van der Waals surface area contributed by atoms with Crippen LogP contribution in [0.5, 0.6) is 11.5 Å². The number of aromatic nitrogens is 2. The van der Waals surface area contributed by atoms with Crippen LogP contribution in [0.25, 0.3) is 0 Å². The zero-order valence-electron chi connectivity index (χ0n) is 21.7. The number of ether oxygens (including phenoxy) is 2. The third kappa shape index (κ3) is 6.37. The number of nitrogens with one attached hydrogen (secondary N) is 3. The fourth-order valence-corrected chi connectivity index (χ4v) is 3.99. The molecule has 11 heteroatoms. The summed E-state index contributed by atoms with van der Waals surface area (Å²) >= 11 is 0. The molecule has 4 rings (SSSR count). The van der Waals surface area contributed by atoms with Crippen molar-refractivity contribution in [1.82, 2.24) is 14.9 Å². The standard InChI is InChI=1S/C27H31N7O4/c1-5-25(35)29-20-16-21(23(38-4)17-22(20)34-13-11-33(2)12-14-34)30-27-28-10-9-24(32-27)31-26(36)18-7-6-8-19(15-18)37-3/h5-10,15-17H,1,11-14H2,2-4H3,(H,29,35)(H2,28,30,31,32,36). The molecule has 3 aromatic rings. The van der Waals surface area contributed by atoms with Gasteiger partial charge < -0.3 is 35.2 Å². The van der Waals surface area contributed by atoms with Gasteiger partial charge in [0.05, 0.1) is 31.3 Å². The molecule has 0 unspecified atom stereocenters. The van der Waals surface area contributed by atoms with E-state index in [1.807, 2.05) is 6.07 Å². The maximum atomic E-state index is 12.7. The van der Waals surface area contributed by atoms with Gasteiger partial charge >= 0.3 is 0 Å². The minimum Gasteiger partial charge on any atom is -0.497 e. The van der Waals surface area contributed by atoms with Gasteiger partial charge in [0.1, 0.15) is 17.3 Å². The van der Waals surface area contributed by atoms with E-state index < -0.39 is 0 Å². The number of rotatable bonds is 9. The number of nitrogens with zero attached hydrogens (tertiary/aromatic N) is 4. The van der Waals surface area contributed by atoms with E-state index in [-0.39, 0.29) is 17.8 Å². The van der Waals surface area contributed by atoms with E-state index in [0.717, 1.165) is 31.9 Å². The van der Waals surface area contributed by atoms with Gasteiger partial charge in [0.15, 0.2) is 0 Å². The molecule has 0 saturated carbocycles. The number of likely N-dealkylation sites (N-methyl/N-ethyl adjacent to an activating group) is 1. The van der Waals surface area contributed by atoms with Crippen LogP contribution in [-0.2, 0) is 4.79 Å². The first-order chi connectivity index (χ1) is 18.4. The molecule has 11 nitrogen and oxygen atoms in total. The monoisotopic (exact) mass is 517 g/mol. The lowest BCUT2D eigenvalue weighted by atomic mass is 10.1. The van der Waals surface area contributed by atoms with Crippen molar-refractivity contribution < 1.29 is 19.1 Å². The van der Waals surface area contributed by atoms with E-state index in [9.17, 15) is 9.59 Å². The third-order valence-corrected chi connectivity index (χ3v) is 6.08.